The maximum absolute atomic E-state index is 14.0. The fraction of sp³-hybridized carbons (Fsp3) is 0.263. The number of nitrogens with one attached hydrogen (secondary N) is 1. The first-order valence-corrected chi connectivity index (χ1v) is 8.51. The van der Waals surface area contributed by atoms with Crippen LogP contribution in [-0.4, -0.2) is 33.6 Å². The molecule has 0 spiro atoms. The Kier molecular flexibility index (Phi) is 4.31. The van der Waals surface area contributed by atoms with Gasteiger partial charge in [0.25, 0.3) is 5.91 Å². The van der Waals surface area contributed by atoms with Gasteiger partial charge in [0.05, 0.1) is 12.1 Å². The standard InChI is InChI=1S/C19H16FN3O4/c20-12-6-13-14(16(7-12)27-10-11-2-1-5-21-8-11)9-23(19(13)26)15-3-4-17(24)22-18(15)25/h1-2,5-8,15H,3-4,9-10H2,(H,22,24,25). The van der Waals surface area contributed by atoms with Crippen molar-refractivity contribution in [3.63, 3.8) is 0 Å². The molecule has 0 bridgehead atoms. The topological polar surface area (TPSA) is 88.6 Å². The highest BCUT2D eigenvalue weighted by molar-refractivity contribution is 6.05. The van der Waals surface area contributed by atoms with E-state index < -0.39 is 23.7 Å². The van der Waals surface area contributed by atoms with E-state index in [4.69, 9.17) is 4.74 Å². The van der Waals surface area contributed by atoms with Crippen LogP contribution in [-0.2, 0) is 22.7 Å². The number of carbonyl (C=O) groups is 3. The molecule has 7 nitrogen and oxygen atoms in total. The number of imide groups is 1. The molecule has 2 aliphatic heterocycles. The summed E-state index contributed by atoms with van der Waals surface area (Å²) in [6.45, 7) is 0.305. The van der Waals surface area contributed by atoms with Gasteiger partial charge in [-0.1, -0.05) is 6.07 Å². The summed E-state index contributed by atoms with van der Waals surface area (Å²) < 4.78 is 19.8. The summed E-state index contributed by atoms with van der Waals surface area (Å²) in [6, 6.07) is 5.23. The smallest absolute Gasteiger partial charge is 0.255 e. The number of aromatic nitrogens is 1. The van der Waals surface area contributed by atoms with Crippen molar-refractivity contribution in [2.75, 3.05) is 0 Å². The lowest BCUT2D eigenvalue weighted by molar-refractivity contribution is -0.136. The Morgan fingerprint density at radius 2 is 2.15 bits per heavy atom. The molecule has 3 amide bonds. The highest BCUT2D eigenvalue weighted by Crippen LogP contribution is 2.34. The molecule has 0 radical (unpaired) electrons. The molecule has 138 valence electrons. The van der Waals surface area contributed by atoms with Gasteiger partial charge in [-0.3, -0.25) is 24.7 Å². The molecule has 1 unspecified atom stereocenters. The van der Waals surface area contributed by atoms with Crippen LogP contribution in [0.5, 0.6) is 5.75 Å². The van der Waals surface area contributed by atoms with Crippen molar-refractivity contribution >= 4 is 17.7 Å². The van der Waals surface area contributed by atoms with E-state index in [2.05, 4.69) is 10.3 Å². The monoisotopic (exact) mass is 369 g/mol. The van der Waals surface area contributed by atoms with Gasteiger partial charge in [0.2, 0.25) is 11.8 Å². The number of halogens is 1. The van der Waals surface area contributed by atoms with Crippen LogP contribution < -0.4 is 10.1 Å². The summed E-state index contributed by atoms with van der Waals surface area (Å²) in [5, 5.41) is 2.24. The maximum atomic E-state index is 14.0. The summed E-state index contributed by atoms with van der Waals surface area (Å²) >= 11 is 0. The van der Waals surface area contributed by atoms with Crippen LogP contribution in [0.15, 0.2) is 36.7 Å². The Labute approximate surface area is 154 Å². The number of nitrogens with zero attached hydrogens (tertiary/aromatic N) is 2. The number of piperidine rings is 1. The second-order valence-corrected chi connectivity index (χ2v) is 6.48. The quantitative estimate of drug-likeness (QED) is 0.827. The van der Waals surface area contributed by atoms with Gasteiger partial charge in [-0.05, 0) is 18.6 Å². The Bertz CT molecular complexity index is 932. The first-order valence-electron chi connectivity index (χ1n) is 8.51. The molecule has 1 atom stereocenters. The molecule has 2 aromatic rings. The fourth-order valence-corrected chi connectivity index (χ4v) is 3.37. The highest BCUT2D eigenvalue weighted by Gasteiger charge is 2.40. The number of rotatable bonds is 4. The van der Waals surface area contributed by atoms with Crippen molar-refractivity contribution in [2.45, 2.75) is 32.0 Å². The molecule has 27 heavy (non-hydrogen) atoms. The lowest BCUT2D eigenvalue weighted by Crippen LogP contribution is -2.52. The van der Waals surface area contributed by atoms with Crippen LogP contribution in [0.1, 0.15) is 34.3 Å². The molecule has 1 aromatic heterocycles. The molecular formula is C19H16FN3O4. The first-order chi connectivity index (χ1) is 13.0. The van der Waals surface area contributed by atoms with E-state index in [0.29, 0.717) is 5.56 Å². The van der Waals surface area contributed by atoms with Crippen LogP contribution in [0.3, 0.4) is 0 Å². The summed E-state index contributed by atoms with van der Waals surface area (Å²) in [5.41, 5.74) is 1.53. The van der Waals surface area contributed by atoms with Gasteiger partial charge < -0.3 is 9.64 Å². The van der Waals surface area contributed by atoms with Crippen molar-refractivity contribution in [3.8, 4) is 5.75 Å². The molecule has 2 aliphatic rings. The number of pyridine rings is 1. The third kappa shape index (κ3) is 3.25. The number of ether oxygens (including phenoxy) is 1. The Balaban J connectivity index is 1.59. The van der Waals surface area contributed by atoms with Crippen LogP contribution in [0.2, 0.25) is 0 Å². The number of benzene rings is 1. The maximum Gasteiger partial charge on any atom is 0.255 e. The van der Waals surface area contributed by atoms with E-state index in [-0.39, 0.29) is 43.2 Å². The Morgan fingerprint density at radius 1 is 1.30 bits per heavy atom. The van der Waals surface area contributed by atoms with E-state index in [1.807, 2.05) is 6.07 Å². The first kappa shape index (κ1) is 17.1. The Hall–Kier alpha value is -3.29. The van der Waals surface area contributed by atoms with Crippen molar-refractivity contribution in [2.24, 2.45) is 0 Å². The molecule has 0 aliphatic carbocycles. The predicted octanol–water partition coefficient (Wildman–Crippen LogP) is 1.56. The third-order valence-electron chi connectivity index (χ3n) is 4.70. The van der Waals surface area contributed by atoms with Gasteiger partial charge in [-0.25, -0.2) is 4.39 Å². The molecule has 1 saturated heterocycles. The van der Waals surface area contributed by atoms with Crippen molar-refractivity contribution in [3.05, 3.63) is 59.2 Å². The SMILES string of the molecule is O=C1CCC(N2Cc3c(OCc4cccnc4)cc(F)cc3C2=O)C(=O)N1. The van der Waals surface area contributed by atoms with Gasteiger partial charge in [0, 0.05) is 36.0 Å². The molecule has 1 fully saturated rings. The van der Waals surface area contributed by atoms with Gasteiger partial charge >= 0.3 is 0 Å². The molecule has 8 heteroatoms. The summed E-state index contributed by atoms with van der Waals surface area (Å²) in [7, 11) is 0. The zero-order valence-corrected chi connectivity index (χ0v) is 14.3. The Morgan fingerprint density at radius 3 is 2.89 bits per heavy atom. The fourth-order valence-electron chi connectivity index (χ4n) is 3.37. The number of carbonyl (C=O) groups excluding carboxylic acids is 3. The van der Waals surface area contributed by atoms with E-state index in [1.54, 1.807) is 18.5 Å². The van der Waals surface area contributed by atoms with Crippen LogP contribution in [0, 0.1) is 5.82 Å². The molecule has 1 aromatic carbocycles. The number of hydrogen-bond donors (Lipinski definition) is 1. The lowest BCUT2D eigenvalue weighted by Gasteiger charge is -2.29. The molecule has 3 heterocycles. The minimum Gasteiger partial charge on any atom is -0.488 e. The minimum absolute atomic E-state index is 0.128. The zero-order chi connectivity index (χ0) is 19.0. The summed E-state index contributed by atoms with van der Waals surface area (Å²) in [6.07, 6.45) is 3.69. The average molecular weight is 369 g/mol. The molecular weight excluding hydrogens is 353 g/mol. The van der Waals surface area contributed by atoms with Gasteiger partial charge in [-0.15, -0.1) is 0 Å². The second-order valence-electron chi connectivity index (χ2n) is 6.48. The highest BCUT2D eigenvalue weighted by atomic mass is 19.1. The van der Waals surface area contributed by atoms with Gasteiger partial charge in [0.15, 0.2) is 0 Å². The third-order valence-corrected chi connectivity index (χ3v) is 4.70. The predicted molar refractivity (Wildman–Crippen MR) is 91.0 cm³/mol. The van der Waals surface area contributed by atoms with Crippen LogP contribution >= 0.6 is 0 Å². The van der Waals surface area contributed by atoms with Crippen LogP contribution in [0.4, 0.5) is 4.39 Å². The number of fused-ring (bicyclic) bond motifs is 1. The van der Waals surface area contributed by atoms with E-state index in [0.717, 1.165) is 11.6 Å². The van der Waals surface area contributed by atoms with E-state index in [9.17, 15) is 18.8 Å². The number of hydrogen-bond acceptors (Lipinski definition) is 5. The molecule has 4 rings (SSSR count). The number of amides is 3. The van der Waals surface area contributed by atoms with Crippen LogP contribution in [0.25, 0.3) is 0 Å². The minimum atomic E-state index is -0.753. The summed E-state index contributed by atoms with van der Waals surface area (Å²) in [5.74, 6) is -1.63. The van der Waals surface area contributed by atoms with Gasteiger partial charge in [0.1, 0.15) is 24.2 Å². The van der Waals surface area contributed by atoms with Crippen molar-refractivity contribution in [1.82, 2.24) is 15.2 Å². The average Bonchev–Trinajstić information content (AvgIpc) is 2.97. The van der Waals surface area contributed by atoms with Crippen molar-refractivity contribution in [1.29, 1.82) is 0 Å². The lowest BCUT2D eigenvalue weighted by atomic mass is 10.0. The normalized spacial score (nSPS) is 19.1. The second kappa shape index (κ2) is 6.79. The van der Waals surface area contributed by atoms with Crippen molar-refractivity contribution < 1.29 is 23.5 Å². The summed E-state index contributed by atoms with van der Waals surface area (Å²) in [4.78, 5) is 41.5. The molecule has 0 saturated carbocycles. The van der Waals surface area contributed by atoms with E-state index >= 15 is 0 Å². The van der Waals surface area contributed by atoms with Gasteiger partial charge in [-0.2, -0.15) is 0 Å². The molecule has 1 N–H and O–H groups in total. The van der Waals surface area contributed by atoms with E-state index in [1.165, 1.54) is 11.0 Å². The zero-order valence-electron chi connectivity index (χ0n) is 14.3. The largest absolute Gasteiger partial charge is 0.488 e.